The molecule has 1 heterocycles. The molecule has 0 amide bonds. The van der Waals surface area contributed by atoms with Crippen LogP contribution < -0.4 is 9.47 Å². The Balaban J connectivity index is 2.12. The van der Waals surface area contributed by atoms with Crippen LogP contribution in [0.4, 0.5) is 26.3 Å². The lowest BCUT2D eigenvalue weighted by atomic mass is 10.3. The topological polar surface area (TPSA) is 27.7 Å². The Morgan fingerprint density at radius 2 is 1.55 bits per heavy atom. The zero-order valence-corrected chi connectivity index (χ0v) is 10.0. The highest BCUT2D eigenvalue weighted by Crippen LogP contribution is 2.41. The fourth-order valence-electron chi connectivity index (χ4n) is 1.41. The van der Waals surface area contributed by atoms with E-state index in [1.165, 1.54) is 18.2 Å². The second-order valence-corrected chi connectivity index (χ2v) is 4.15. The van der Waals surface area contributed by atoms with Gasteiger partial charge in [0.2, 0.25) is 0 Å². The number of hydrogen-bond donors (Lipinski definition) is 0. The summed E-state index contributed by atoms with van der Waals surface area (Å²) in [6.45, 7) is -2.16. The molecule has 0 bridgehead atoms. The first kappa shape index (κ1) is 15.0. The monoisotopic (exact) mass is 322 g/mol. The van der Waals surface area contributed by atoms with Gasteiger partial charge in [-0.25, -0.2) is 0 Å². The summed E-state index contributed by atoms with van der Waals surface area (Å²) in [7, 11) is 0. The van der Waals surface area contributed by atoms with Gasteiger partial charge < -0.3 is 9.47 Å². The Morgan fingerprint density at radius 1 is 1.00 bits per heavy atom. The zero-order chi connectivity index (χ0) is 15.1. The summed E-state index contributed by atoms with van der Waals surface area (Å²) >= 11 is 5.59. The van der Waals surface area contributed by atoms with Crippen LogP contribution in [0.1, 0.15) is 0 Å². The first-order chi connectivity index (χ1) is 9.07. The first-order valence-corrected chi connectivity index (χ1v) is 5.37. The van der Waals surface area contributed by atoms with E-state index in [4.69, 9.17) is 11.6 Å². The smallest absolute Gasteiger partial charge is 0.423 e. The van der Waals surface area contributed by atoms with Crippen LogP contribution in [0.3, 0.4) is 0 Å². The minimum atomic E-state index is -5.64. The van der Waals surface area contributed by atoms with Crippen LogP contribution in [0, 0.1) is 0 Å². The summed E-state index contributed by atoms with van der Waals surface area (Å²) in [5.74, 6) is -0.173. The van der Waals surface area contributed by atoms with Gasteiger partial charge in [0.05, 0.1) is 0 Å². The Kier molecular flexibility index (Phi) is 3.67. The summed E-state index contributed by atoms with van der Waals surface area (Å²) in [5.41, 5.74) is 0. The van der Waals surface area contributed by atoms with Crippen LogP contribution in [0.2, 0.25) is 5.02 Å². The molecule has 0 spiro atoms. The Hall–Kier alpha value is -1.35. The van der Waals surface area contributed by atoms with Crippen LogP contribution in [0.15, 0.2) is 18.2 Å². The second kappa shape index (κ2) is 4.88. The zero-order valence-electron chi connectivity index (χ0n) is 9.26. The molecule has 1 aromatic carbocycles. The van der Waals surface area contributed by atoms with Crippen LogP contribution in [0.25, 0.3) is 0 Å². The predicted molar refractivity (Wildman–Crippen MR) is 53.5 cm³/mol. The van der Waals surface area contributed by atoms with Crippen molar-refractivity contribution in [2.24, 2.45) is 0 Å². The molecule has 10 heteroatoms. The molecule has 20 heavy (non-hydrogen) atoms. The van der Waals surface area contributed by atoms with Gasteiger partial charge in [0.15, 0.2) is 11.5 Å². The Labute approximate surface area is 113 Å². The number of fused-ring (bicyclic) bond motifs is 1. The Bertz CT molecular complexity index is 487. The second-order valence-electron chi connectivity index (χ2n) is 3.71. The SMILES string of the molecule is FC(F)(F)C(OC1Oc2ccc(Cl)cc2O1)C(F)(F)F. The molecule has 0 radical (unpaired) electrons. The average molecular weight is 323 g/mol. The molecular formula is C10H5ClF6O3. The van der Waals surface area contributed by atoms with E-state index < -0.39 is 24.9 Å². The Morgan fingerprint density at radius 3 is 2.10 bits per heavy atom. The van der Waals surface area contributed by atoms with Gasteiger partial charge in [-0.3, -0.25) is 4.74 Å². The summed E-state index contributed by atoms with van der Waals surface area (Å²) in [6.07, 6.45) is -15.3. The fraction of sp³-hybridized carbons (Fsp3) is 0.400. The molecular weight excluding hydrogens is 318 g/mol. The molecule has 0 saturated heterocycles. The van der Waals surface area contributed by atoms with Crippen molar-refractivity contribution in [3.05, 3.63) is 23.2 Å². The van der Waals surface area contributed by atoms with Gasteiger partial charge in [-0.2, -0.15) is 26.3 Å². The van der Waals surface area contributed by atoms with Crippen molar-refractivity contribution in [3.8, 4) is 11.5 Å². The molecule has 1 aromatic rings. The molecule has 112 valence electrons. The van der Waals surface area contributed by atoms with E-state index in [9.17, 15) is 26.3 Å². The van der Waals surface area contributed by atoms with E-state index in [1.807, 2.05) is 0 Å². The molecule has 1 aliphatic heterocycles. The summed E-state index contributed by atoms with van der Waals surface area (Å²) in [5, 5.41) is 0.177. The molecule has 1 atom stereocenters. The molecule has 0 fully saturated rings. The lowest BCUT2D eigenvalue weighted by Gasteiger charge is -2.24. The normalized spacial score (nSPS) is 18.7. The van der Waals surface area contributed by atoms with Crippen LogP contribution >= 0.6 is 11.6 Å². The molecule has 0 aliphatic carbocycles. The van der Waals surface area contributed by atoms with E-state index >= 15 is 0 Å². The largest absolute Gasteiger partial charge is 0.428 e. The van der Waals surface area contributed by atoms with Crippen molar-refractivity contribution in [1.29, 1.82) is 0 Å². The van der Waals surface area contributed by atoms with Crippen LogP contribution in [-0.4, -0.2) is 24.9 Å². The van der Waals surface area contributed by atoms with Crippen molar-refractivity contribution >= 4 is 11.6 Å². The van der Waals surface area contributed by atoms with Crippen molar-refractivity contribution < 1.29 is 40.6 Å². The number of ether oxygens (including phenoxy) is 3. The number of benzene rings is 1. The van der Waals surface area contributed by atoms with Gasteiger partial charge in [0, 0.05) is 11.1 Å². The van der Waals surface area contributed by atoms with E-state index in [0.29, 0.717) is 0 Å². The van der Waals surface area contributed by atoms with Gasteiger partial charge in [0.25, 0.3) is 6.10 Å². The maximum Gasteiger partial charge on any atom is 0.423 e. The lowest BCUT2D eigenvalue weighted by Crippen LogP contribution is -2.47. The van der Waals surface area contributed by atoms with E-state index in [2.05, 4.69) is 14.2 Å². The van der Waals surface area contributed by atoms with Gasteiger partial charge in [-0.05, 0) is 12.1 Å². The fourth-order valence-corrected chi connectivity index (χ4v) is 1.57. The van der Waals surface area contributed by atoms with Gasteiger partial charge in [0.1, 0.15) is 0 Å². The highest BCUT2D eigenvalue weighted by atomic mass is 35.5. The molecule has 2 rings (SSSR count). The van der Waals surface area contributed by atoms with Crippen molar-refractivity contribution in [2.45, 2.75) is 24.9 Å². The lowest BCUT2D eigenvalue weighted by molar-refractivity contribution is -0.364. The van der Waals surface area contributed by atoms with E-state index in [1.54, 1.807) is 0 Å². The van der Waals surface area contributed by atoms with Crippen molar-refractivity contribution in [1.82, 2.24) is 0 Å². The quantitative estimate of drug-likeness (QED) is 0.773. The third-order valence-corrected chi connectivity index (χ3v) is 2.43. The molecule has 1 unspecified atom stereocenters. The maximum atomic E-state index is 12.3. The van der Waals surface area contributed by atoms with Crippen molar-refractivity contribution in [3.63, 3.8) is 0 Å². The van der Waals surface area contributed by atoms with E-state index in [-0.39, 0.29) is 16.5 Å². The highest BCUT2D eigenvalue weighted by Gasteiger charge is 2.59. The average Bonchev–Trinajstić information content (AvgIpc) is 2.64. The van der Waals surface area contributed by atoms with Crippen molar-refractivity contribution in [2.75, 3.05) is 0 Å². The third-order valence-electron chi connectivity index (χ3n) is 2.19. The molecule has 3 nitrogen and oxygen atoms in total. The maximum absolute atomic E-state index is 12.3. The number of hydrogen-bond acceptors (Lipinski definition) is 3. The number of halogens is 7. The molecule has 0 N–H and O–H groups in total. The van der Waals surface area contributed by atoms with Gasteiger partial charge in [-0.1, -0.05) is 11.6 Å². The number of rotatable bonds is 2. The van der Waals surface area contributed by atoms with Crippen LogP contribution in [-0.2, 0) is 4.74 Å². The standard InChI is InChI=1S/C10H5ClF6O3/c11-4-1-2-5-6(3-4)19-8(18-5)20-7(9(12,13)14)10(15,16)17/h1-3,7-8H. The summed E-state index contributed by atoms with van der Waals surface area (Å²) in [4.78, 5) is 0. The van der Waals surface area contributed by atoms with Gasteiger partial charge >= 0.3 is 18.8 Å². The predicted octanol–water partition coefficient (Wildman–Crippen LogP) is 3.90. The first-order valence-electron chi connectivity index (χ1n) is 4.99. The summed E-state index contributed by atoms with van der Waals surface area (Å²) < 4.78 is 86.9. The third kappa shape index (κ3) is 3.21. The van der Waals surface area contributed by atoms with E-state index in [0.717, 1.165) is 0 Å². The van der Waals surface area contributed by atoms with Gasteiger partial charge in [-0.15, -0.1) is 0 Å². The summed E-state index contributed by atoms with van der Waals surface area (Å²) in [6, 6.07) is 3.74. The van der Waals surface area contributed by atoms with Crippen LogP contribution in [0.5, 0.6) is 11.5 Å². The minimum Gasteiger partial charge on any atom is -0.428 e. The molecule has 1 aliphatic rings. The molecule has 0 saturated carbocycles. The minimum absolute atomic E-state index is 0.0671. The highest BCUT2D eigenvalue weighted by molar-refractivity contribution is 6.30. The number of alkyl halides is 6. The molecule has 0 aromatic heterocycles.